The number of carbonyl (C=O) groups is 1. The molecular formula is C19H15NO3S2. The van der Waals surface area contributed by atoms with Crippen LogP contribution in [0.3, 0.4) is 0 Å². The molecule has 0 fully saturated rings. The van der Waals surface area contributed by atoms with Gasteiger partial charge in [-0.15, -0.1) is 0 Å². The molecule has 0 amide bonds. The summed E-state index contributed by atoms with van der Waals surface area (Å²) in [6.07, 6.45) is 1.57. The predicted molar refractivity (Wildman–Crippen MR) is 98.3 cm³/mol. The lowest BCUT2D eigenvalue weighted by molar-refractivity contribution is 0.101. The summed E-state index contributed by atoms with van der Waals surface area (Å²) in [7, 11) is -3.87. The number of rotatable bonds is 6. The van der Waals surface area contributed by atoms with Gasteiger partial charge in [-0.25, -0.2) is 13.4 Å². The molecule has 0 aliphatic rings. The summed E-state index contributed by atoms with van der Waals surface area (Å²) in [6.45, 7) is 0. The highest BCUT2D eigenvalue weighted by Gasteiger charge is 2.35. The zero-order valence-electron chi connectivity index (χ0n) is 13.1. The molecule has 0 aliphatic heterocycles. The van der Waals surface area contributed by atoms with Crippen LogP contribution in [0.15, 0.2) is 95.0 Å². The van der Waals surface area contributed by atoms with Crippen LogP contribution in [0.1, 0.15) is 10.4 Å². The molecule has 1 unspecified atom stereocenters. The molecule has 0 saturated heterocycles. The minimum atomic E-state index is -3.87. The zero-order chi connectivity index (χ0) is 17.7. The quantitative estimate of drug-likeness (QED) is 0.488. The molecule has 2 aromatic carbocycles. The van der Waals surface area contributed by atoms with Crippen molar-refractivity contribution in [1.29, 1.82) is 0 Å². The maximum atomic E-state index is 13.1. The molecule has 1 heterocycles. The first-order chi connectivity index (χ1) is 12.1. The van der Waals surface area contributed by atoms with Crippen molar-refractivity contribution in [2.75, 3.05) is 0 Å². The highest BCUT2D eigenvalue weighted by atomic mass is 32.3. The van der Waals surface area contributed by atoms with Crippen molar-refractivity contribution >= 4 is 27.4 Å². The minimum Gasteiger partial charge on any atom is -0.292 e. The van der Waals surface area contributed by atoms with Gasteiger partial charge >= 0.3 is 0 Å². The average Bonchev–Trinajstić information content (AvgIpc) is 2.67. The second-order valence-corrected chi connectivity index (χ2v) is 8.66. The molecular weight excluding hydrogens is 354 g/mol. The van der Waals surface area contributed by atoms with Crippen molar-refractivity contribution < 1.29 is 13.2 Å². The molecule has 0 radical (unpaired) electrons. The number of ketones is 1. The summed E-state index contributed by atoms with van der Waals surface area (Å²) < 4.78 is 24.9. The second-order valence-electron chi connectivity index (χ2n) is 5.21. The molecule has 126 valence electrons. The summed E-state index contributed by atoms with van der Waals surface area (Å²) >= 11 is 0.945. The van der Waals surface area contributed by atoms with Crippen LogP contribution in [0.25, 0.3) is 0 Å². The Balaban J connectivity index is 2.04. The molecule has 0 saturated carbocycles. The zero-order valence-corrected chi connectivity index (χ0v) is 14.8. The number of thioether (sulfide) groups is 1. The SMILES string of the molecule is O=C(c1ccccc1)C(Sc1ccccn1)S(=O)(=O)c1ccccc1. The lowest BCUT2D eigenvalue weighted by atomic mass is 10.1. The fourth-order valence-corrected chi connectivity index (χ4v) is 5.34. The largest absolute Gasteiger partial charge is 0.292 e. The highest BCUT2D eigenvalue weighted by Crippen LogP contribution is 2.32. The molecule has 1 aromatic heterocycles. The topological polar surface area (TPSA) is 64.1 Å². The molecule has 6 heteroatoms. The summed E-state index contributed by atoms with van der Waals surface area (Å²) in [5, 5.41) is 0.483. The number of carbonyl (C=O) groups excluding carboxylic acids is 1. The molecule has 4 nitrogen and oxygen atoms in total. The maximum absolute atomic E-state index is 13.1. The van der Waals surface area contributed by atoms with Gasteiger partial charge in [0.2, 0.25) is 0 Å². The second kappa shape index (κ2) is 7.63. The summed E-state index contributed by atoms with van der Waals surface area (Å²) in [5.41, 5.74) is 0.357. The van der Waals surface area contributed by atoms with Crippen molar-refractivity contribution in [3.63, 3.8) is 0 Å². The van der Waals surface area contributed by atoms with Gasteiger partial charge in [0.25, 0.3) is 0 Å². The van der Waals surface area contributed by atoms with E-state index in [1.54, 1.807) is 72.9 Å². The molecule has 0 spiro atoms. The number of benzene rings is 2. The van der Waals surface area contributed by atoms with E-state index in [-0.39, 0.29) is 4.90 Å². The van der Waals surface area contributed by atoms with Crippen LogP contribution >= 0.6 is 11.8 Å². The lowest BCUT2D eigenvalue weighted by Gasteiger charge is -2.16. The van der Waals surface area contributed by atoms with Gasteiger partial charge in [0, 0.05) is 11.8 Å². The van der Waals surface area contributed by atoms with Crippen LogP contribution in [-0.4, -0.2) is 23.8 Å². The number of hydrogen-bond acceptors (Lipinski definition) is 5. The third-order valence-corrected chi connectivity index (χ3v) is 7.16. The van der Waals surface area contributed by atoms with Crippen LogP contribution < -0.4 is 0 Å². The van der Waals surface area contributed by atoms with E-state index in [0.717, 1.165) is 11.8 Å². The standard InChI is InChI=1S/C19H15NO3S2/c21-18(15-9-3-1-4-10-15)19(24-17-13-7-8-14-20-17)25(22,23)16-11-5-2-6-12-16/h1-14,19H. The highest BCUT2D eigenvalue weighted by molar-refractivity contribution is 8.14. The molecule has 0 bridgehead atoms. The van der Waals surface area contributed by atoms with Crippen molar-refractivity contribution in [1.82, 2.24) is 4.98 Å². The molecule has 1 atom stereocenters. The first-order valence-corrected chi connectivity index (χ1v) is 9.97. The number of sulfone groups is 1. The van der Waals surface area contributed by atoms with Gasteiger partial charge in [-0.2, -0.15) is 0 Å². The van der Waals surface area contributed by atoms with Crippen LogP contribution in [0.5, 0.6) is 0 Å². The van der Waals surface area contributed by atoms with E-state index >= 15 is 0 Å². The van der Waals surface area contributed by atoms with Gasteiger partial charge in [-0.05, 0) is 24.3 Å². The molecule has 0 N–H and O–H groups in total. The summed E-state index contributed by atoms with van der Waals surface area (Å²) in [5.74, 6) is -0.458. The van der Waals surface area contributed by atoms with E-state index in [1.807, 2.05) is 0 Å². The monoisotopic (exact) mass is 369 g/mol. The van der Waals surface area contributed by atoms with Gasteiger partial charge in [-0.3, -0.25) is 4.79 Å². The number of pyridine rings is 1. The average molecular weight is 369 g/mol. The Hall–Kier alpha value is -2.44. The van der Waals surface area contributed by atoms with Crippen molar-refractivity contribution in [2.45, 2.75) is 14.5 Å². The minimum absolute atomic E-state index is 0.118. The fourth-order valence-electron chi connectivity index (χ4n) is 2.26. The number of nitrogens with zero attached hydrogens (tertiary/aromatic N) is 1. The summed E-state index contributed by atoms with van der Waals surface area (Å²) in [6, 6.07) is 21.7. The van der Waals surface area contributed by atoms with E-state index in [1.165, 1.54) is 12.1 Å². The van der Waals surface area contributed by atoms with E-state index in [0.29, 0.717) is 10.6 Å². The Labute approximate surface area is 150 Å². The Bertz CT molecular complexity index is 944. The van der Waals surface area contributed by atoms with Crippen molar-refractivity contribution in [3.8, 4) is 0 Å². The third-order valence-electron chi connectivity index (χ3n) is 3.49. The van der Waals surface area contributed by atoms with Gasteiger partial charge < -0.3 is 0 Å². The molecule has 3 rings (SSSR count). The van der Waals surface area contributed by atoms with Gasteiger partial charge in [0.1, 0.15) is 0 Å². The lowest BCUT2D eigenvalue weighted by Crippen LogP contribution is -2.27. The number of Topliss-reactive ketones (excluding diaryl/α,β-unsaturated/α-hetero) is 1. The van der Waals surface area contributed by atoms with Crippen LogP contribution in [-0.2, 0) is 9.84 Å². The van der Waals surface area contributed by atoms with Gasteiger partial charge in [0.15, 0.2) is 20.2 Å². The molecule has 25 heavy (non-hydrogen) atoms. The Morgan fingerprint density at radius 3 is 2.04 bits per heavy atom. The number of hydrogen-bond donors (Lipinski definition) is 0. The van der Waals surface area contributed by atoms with Crippen LogP contribution in [0.4, 0.5) is 0 Å². The van der Waals surface area contributed by atoms with Crippen molar-refractivity contribution in [3.05, 3.63) is 90.6 Å². The van der Waals surface area contributed by atoms with Gasteiger partial charge in [0.05, 0.1) is 9.92 Å². The Kier molecular flexibility index (Phi) is 5.31. The normalized spacial score (nSPS) is 12.5. The number of aromatic nitrogens is 1. The van der Waals surface area contributed by atoms with Crippen molar-refractivity contribution in [2.24, 2.45) is 0 Å². The van der Waals surface area contributed by atoms with E-state index in [9.17, 15) is 13.2 Å². The fraction of sp³-hybridized carbons (Fsp3) is 0.0526. The first kappa shape index (κ1) is 17.4. The van der Waals surface area contributed by atoms with E-state index < -0.39 is 20.2 Å². The maximum Gasteiger partial charge on any atom is 0.198 e. The Morgan fingerprint density at radius 1 is 0.840 bits per heavy atom. The van der Waals surface area contributed by atoms with E-state index in [4.69, 9.17) is 0 Å². The Morgan fingerprint density at radius 2 is 1.44 bits per heavy atom. The molecule has 0 aliphatic carbocycles. The summed E-state index contributed by atoms with van der Waals surface area (Å²) in [4.78, 5) is 17.2. The predicted octanol–water partition coefficient (Wildman–Crippen LogP) is 3.86. The smallest absolute Gasteiger partial charge is 0.198 e. The van der Waals surface area contributed by atoms with Crippen LogP contribution in [0.2, 0.25) is 0 Å². The first-order valence-electron chi connectivity index (χ1n) is 7.55. The van der Waals surface area contributed by atoms with E-state index in [2.05, 4.69) is 4.98 Å². The third kappa shape index (κ3) is 3.97. The van der Waals surface area contributed by atoms with Crippen LogP contribution in [0, 0.1) is 0 Å². The van der Waals surface area contributed by atoms with Gasteiger partial charge in [-0.1, -0.05) is 66.4 Å². The molecule has 3 aromatic rings.